The van der Waals surface area contributed by atoms with E-state index in [9.17, 15) is 19.5 Å². The molecule has 1 aliphatic carbocycles. The van der Waals surface area contributed by atoms with Gasteiger partial charge in [0.25, 0.3) is 5.91 Å². The van der Waals surface area contributed by atoms with E-state index in [-0.39, 0.29) is 0 Å². The van der Waals surface area contributed by atoms with Gasteiger partial charge >= 0.3 is 5.97 Å². The van der Waals surface area contributed by atoms with Crippen LogP contribution in [0.5, 0.6) is 0 Å². The van der Waals surface area contributed by atoms with Crippen LogP contribution in [-0.4, -0.2) is 22.9 Å². The number of hydrazine groups is 1. The van der Waals surface area contributed by atoms with Crippen LogP contribution in [-0.2, 0) is 9.59 Å². The highest BCUT2D eigenvalue weighted by atomic mass is 35.5. The van der Waals surface area contributed by atoms with Crippen LogP contribution in [0.1, 0.15) is 36.4 Å². The Morgan fingerprint density at radius 3 is 2.33 bits per heavy atom. The standard InChI is InChI=1S/C19H19ClN2O4S/c1-9-7-12(13(19(25)26)8-10(9)2)17(23)21-22-18(24)16-15(20)11-5-3-4-6-14(11)27-16/h3-6,12-13H,7-8H2,1-2H3,(H,21,23)(H,22,24)(H,25,26)/t12-,13-/m0/s1. The summed E-state index contributed by atoms with van der Waals surface area (Å²) in [5.74, 6) is -3.59. The Hall–Kier alpha value is -2.38. The summed E-state index contributed by atoms with van der Waals surface area (Å²) in [7, 11) is 0. The van der Waals surface area contributed by atoms with Gasteiger partial charge in [-0.2, -0.15) is 0 Å². The van der Waals surface area contributed by atoms with Gasteiger partial charge < -0.3 is 5.11 Å². The minimum absolute atomic E-state index is 0.295. The number of fused-ring (bicyclic) bond motifs is 1. The van der Waals surface area contributed by atoms with Gasteiger partial charge in [-0.3, -0.25) is 25.2 Å². The second-order valence-corrected chi connectivity index (χ2v) is 8.13. The molecule has 1 aromatic heterocycles. The number of nitrogens with one attached hydrogen (secondary N) is 2. The maximum atomic E-state index is 12.5. The summed E-state index contributed by atoms with van der Waals surface area (Å²) in [5, 5.41) is 10.5. The molecule has 142 valence electrons. The molecule has 0 aliphatic heterocycles. The number of carboxylic acid groups (broad SMARTS) is 1. The van der Waals surface area contributed by atoms with Crippen molar-refractivity contribution in [3.05, 3.63) is 45.3 Å². The number of halogens is 1. The summed E-state index contributed by atoms with van der Waals surface area (Å²) in [6.07, 6.45) is 0.684. The van der Waals surface area contributed by atoms with Crippen LogP contribution in [0.15, 0.2) is 35.4 Å². The number of carboxylic acids is 1. The lowest BCUT2D eigenvalue weighted by Gasteiger charge is -2.29. The van der Waals surface area contributed by atoms with Gasteiger partial charge in [-0.15, -0.1) is 11.3 Å². The first-order valence-electron chi connectivity index (χ1n) is 8.44. The fourth-order valence-corrected chi connectivity index (χ4v) is 4.67. The molecule has 1 aromatic carbocycles. The van der Waals surface area contributed by atoms with E-state index in [4.69, 9.17) is 11.6 Å². The second-order valence-electron chi connectivity index (χ2n) is 6.70. The molecule has 0 spiro atoms. The topological polar surface area (TPSA) is 95.5 Å². The Bertz CT molecular complexity index is 966. The molecule has 0 radical (unpaired) electrons. The van der Waals surface area contributed by atoms with E-state index < -0.39 is 29.6 Å². The summed E-state index contributed by atoms with van der Waals surface area (Å²) < 4.78 is 0.869. The summed E-state index contributed by atoms with van der Waals surface area (Å²) >= 11 is 7.50. The largest absolute Gasteiger partial charge is 0.481 e. The van der Waals surface area contributed by atoms with E-state index in [1.54, 1.807) is 0 Å². The first-order valence-corrected chi connectivity index (χ1v) is 9.64. The zero-order valence-corrected chi connectivity index (χ0v) is 16.4. The van der Waals surface area contributed by atoms with Crippen LogP contribution in [0.4, 0.5) is 0 Å². The quantitative estimate of drug-likeness (QED) is 0.534. The van der Waals surface area contributed by atoms with E-state index in [0.717, 1.165) is 21.2 Å². The summed E-state index contributed by atoms with van der Waals surface area (Å²) in [5.41, 5.74) is 6.73. The van der Waals surface area contributed by atoms with Gasteiger partial charge in [0.2, 0.25) is 5.91 Å². The van der Waals surface area contributed by atoms with Crippen molar-refractivity contribution in [2.24, 2.45) is 11.8 Å². The fourth-order valence-electron chi connectivity index (χ4n) is 3.26. The van der Waals surface area contributed by atoms with E-state index in [2.05, 4.69) is 10.9 Å². The number of thiophene rings is 1. The minimum Gasteiger partial charge on any atom is -0.481 e. The molecule has 2 amide bonds. The molecule has 1 heterocycles. The zero-order valence-electron chi connectivity index (χ0n) is 14.8. The molecule has 2 atom stereocenters. The number of benzene rings is 1. The molecule has 1 aliphatic rings. The van der Waals surface area contributed by atoms with E-state index >= 15 is 0 Å². The van der Waals surface area contributed by atoms with Crippen molar-refractivity contribution < 1.29 is 19.5 Å². The van der Waals surface area contributed by atoms with Crippen molar-refractivity contribution in [3.8, 4) is 0 Å². The molecule has 8 heteroatoms. The van der Waals surface area contributed by atoms with Gasteiger partial charge in [-0.05, 0) is 32.8 Å². The highest BCUT2D eigenvalue weighted by Gasteiger charge is 2.37. The summed E-state index contributed by atoms with van der Waals surface area (Å²) in [4.78, 5) is 36.8. The highest BCUT2D eigenvalue weighted by Crippen LogP contribution is 2.36. The van der Waals surface area contributed by atoms with Crippen LogP contribution in [0.3, 0.4) is 0 Å². The van der Waals surface area contributed by atoms with Crippen LogP contribution < -0.4 is 10.9 Å². The van der Waals surface area contributed by atoms with E-state index in [1.165, 1.54) is 11.3 Å². The van der Waals surface area contributed by atoms with Gasteiger partial charge in [0, 0.05) is 10.1 Å². The Labute approximate surface area is 165 Å². The van der Waals surface area contributed by atoms with Crippen molar-refractivity contribution in [1.82, 2.24) is 10.9 Å². The monoisotopic (exact) mass is 406 g/mol. The molecule has 0 fully saturated rings. The van der Waals surface area contributed by atoms with Gasteiger partial charge in [-0.1, -0.05) is 40.9 Å². The summed E-state index contributed by atoms with van der Waals surface area (Å²) in [6.45, 7) is 3.77. The summed E-state index contributed by atoms with van der Waals surface area (Å²) in [6, 6.07) is 7.36. The van der Waals surface area contributed by atoms with Gasteiger partial charge in [0.1, 0.15) is 4.88 Å². The molecule has 3 N–H and O–H groups in total. The lowest BCUT2D eigenvalue weighted by molar-refractivity contribution is -0.147. The average Bonchev–Trinajstić information content (AvgIpc) is 2.98. The Morgan fingerprint density at radius 2 is 1.70 bits per heavy atom. The lowest BCUT2D eigenvalue weighted by Crippen LogP contribution is -2.47. The zero-order chi connectivity index (χ0) is 19.7. The number of carbonyl (C=O) groups is 3. The van der Waals surface area contributed by atoms with Gasteiger partial charge in [-0.25, -0.2) is 0 Å². The molecular weight excluding hydrogens is 388 g/mol. The molecule has 0 bridgehead atoms. The number of rotatable bonds is 3. The van der Waals surface area contributed by atoms with Crippen LogP contribution in [0.25, 0.3) is 10.1 Å². The number of carbonyl (C=O) groups excluding carboxylic acids is 2. The van der Waals surface area contributed by atoms with Crippen LogP contribution in [0, 0.1) is 11.8 Å². The van der Waals surface area contributed by atoms with Crippen molar-refractivity contribution in [3.63, 3.8) is 0 Å². The number of allylic oxidation sites excluding steroid dienone is 2. The van der Waals surface area contributed by atoms with E-state index in [1.807, 2.05) is 38.1 Å². The third kappa shape index (κ3) is 3.84. The Balaban J connectivity index is 1.71. The molecule has 3 rings (SSSR count). The molecule has 0 saturated heterocycles. The predicted octanol–water partition coefficient (Wildman–Crippen LogP) is 3.76. The van der Waals surface area contributed by atoms with Crippen molar-refractivity contribution in [2.45, 2.75) is 26.7 Å². The van der Waals surface area contributed by atoms with Crippen molar-refractivity contribution >= 4 is 50.8 Å². The molecule has 27 heavy (non-hydrogen) atoms. The molecule has 2 aromatic rings. The Kier molecular flexibility index (Phi) is 5.53. The maximum Gasteiger partial charge on any atom is 0.307 e. The number of aliphatic carboxylic acids is 1. The van der Waals surface area contributed by atoms with Gasteiger partial charge in [0.15, 0.2) is 0 Å². The normalized spacial score (nSPS) is 19.8. The van der Waals surface area contributed by atoms with Gasteiger partial charge in [0.05, 0.1) is 16.9 Å². The molecular formula is C19H19ClN2O4S. The average molecular weight is 407 g/mol. The smallest absolute Gasteiger partial charge is 0.307 e. The third-order valence-corrected chi connectivity index (χ3v) is 6.63. The first kappa shape index (κ1) is 19.4. The van der Waals surface area contributed by atoms with Crippen LogP contribution >= 0.6 is 22.9 Å². The third-order valence-electron chi connectivity index (χ3n) is 4.96. The van der Waals surface area contributed by atoms with Crippen molar-refractivity contribution in [1.29, 1.82) is 0 Å². The number of hydrogen-bond donors (Lipinski definition) is 3. The fraction of sp³-hybridized carbons (Fsp3) is 0.316. The predicted molar refractivity (Wildman–Crippen MR) is 105 cm³/mol. The van der Waals surface area contributed by atoms with E-state index in [0.29, 0.717) is 22.7 Å². The molecule has 0 unspecified atom stereocenters. The SMILES string of the molecule is CC1=C(C)C[C@H](C(=O)NNC(=O)c2sc3ccccc3c2Cl)[C@@H](C(=O)O)C1. The number of amides is 2. The lowest BCUT2D eigenvalue weighted by atomic mass is 9.76. The van der Waals surface area contributed by atoms with Crippen LogP contribution in [0.2, 0.25) is 5.02 Å². The second kappa shape index (κ2) is 7.70. The minimum atomic E-state index is -1.01. The number of hydrogen-bond acceptors (Lipinski definition) is 4. The highest BCUT2D eigenvalue weighted by molar-refractivity contribution is 7.21. The molecule has 0 saturated carbocycles. The molecule has 6 nitrogen and oxygen atoms in total. The Morgan fingerprint density at radius 1 is 1.07 bits per heavy atom. The van der Waals surface area contributed by atoms with Crippen molar-refractivity contribution in [2.75, 3.05) is 0 Å². The maximum absolute atomic E-state index is 12.5. The first-order chi connectivity index (χ1) is 12.8.